The first-order chi connectivity index (χ1) is 9.70. The molecule has 0 heterocycles. The number of hydrogen-bond acceptors (Lipinski definition) is 2. The van der Waals surface area contributed by atoms with Gasteiger partial charge >= 0.3 is 0 Å². The lowest BCUT2D eigenvalue weighted by Gasteiger charge is -2.15. The SMILES string of the molecule is COc1ccccc1CCNC(C)c1ccc(I)cc1. The third-order valence-corrected chi connectivity index (χ3v) is 4.13. The summed E-state index contributed by atoms with van der Waals surface area (Å²) in [5.74, 6) is 0.969. The Balaban J connectivity index is 1.87. The second-order valence-electron chi connectivity index (χ2n) is 4.79. The molecule has 2 aromatic carbocycles. The third kappa shape index (κ3) is 4.21. The number of hydrogen-bond donors (Lipinski definition) is 1. The molecule has 0 aromatic heterocycles. The zero-order valence-corrected chi connectivity index (χ0v) is 14.1. The minimum absolute atomic E-state index is 0.363. The first-order valence-electron chi connectivity index (χ1n) is 6.81. The van der Waals surface area contributed by atoms with Crippen molar-refractivity contribution in [1.82, 2.24) is 5.32 Å². The Morgan fingerprint density at radius 1 is 1.10 bits per heavy atom. The molecule has 3 heteroatoms. The van der Waals surface area contributed by atoms with Gasteiger partial charge in [0.15, 0.2) is 0 Å². The monoisotopic (exact) mass is 381 g/mol. The Morgan fingerprint density at radius 2 is 1.80 bits per heavy atom. The molecule has 1 unspecified atom stereocenters. The van der Waals surface area contributed by atoms with Gasteiger partial charge in [-0.25, -0.2) is 0 Å². The molecule has 0 saturated carbocycles. The average molecular weight is 381 g/mol. The number of halogens is 1. The molecule has 2 nitrogen and oxygen atoms in total. The molecule has 0 aliphatic heterocycles. The van der Waals surface area contributed by atoms with E-state index in [0.29, 0.717) is 6.04 Å². The predicted octanol–water partition coefficient (Wildman–Crippen LogP) is 4.19. The van der Waals surface area contributed by atoms with Crippen molar-refractivity contribution in [2.24, 2.45) is 0 Å². The lowest BCUT2D eigenvalue weighted by molar-refractivity contribution is 0.408. The van der Waals surface area contributed by atoms with Crippen LogP contribution in [0.3, 0.4) is 0 Å². The van der Waals surface area contributed by atoms with E-state index in [2.05, 4.69) is 71.2 Å². The van der Waals surface area contributed by atoms with Crippen LogP contribution in [0.25, 0.3) is 0 Å². The van der Waals surface area contributed by atoms with Gasteiger partial charge in [0.05, 0.1) is 7.11 Å². The molecule has 0 bridgehead atoms. The van der Waals surface area contributed by atoms with Gasteiger partial charge in [-0.3, -0.25) is 0 Å². The first kappa shape index (κ1) is 15.3. The van der Waals surface area contributed by atoms with Crippen LogP contribution in [0.1, 0.15) is 24.1 Å². The molecule has 0 saturated heterocycles. The van der Waals surface area contributed by atoms with Gasteiger partial charge in [0.25, 0.3) is 0 Å². The number of para-hydroxylation sites is 1. The predicted molar refractivity (Wildman–Crippen MR) is 92.3 cm³/mol. The van der Waals surface area contributed by atoms with E-state index in [0.717, 1.165) is 18.7 Å². The highest BCUT2D eigenvalue weighted by Crippen LogP contribution is 2.18. The molecule has 1 atom stereocenters. The van der Waals surface area contributed by atoms with Gasteiger partial charge in [-0.05, 0) is 71.8 Å². The number of benzene rings is 2. The number of methoxy groups -OCH3 is 1. The van der Waals surface area contributed by atoms with Crippen molar-refractivity contribution in [3.05, 3.63) is 63.2 Å². The van der Waals surface area contributed by atoms with Crippen molar-refractivity contribution in [3.63, 3.8) is 0 Å². The third-order valence-electron chi connectivity index (χ3n) is 3.41. The van der Waals surface area contributed by atoms with Crippen LogP contribution in [0.2, 0.25) is 0 Å². The summed E-state index contributed by atoms with van der Waals surface area (Å²) in [4.78, 5) is 0. The summed E-state index contributed by atoms with van der Waals surface area (Å²) in [7, 11) is 1.72. The summed E-state index contributed by atoms with van der Waals surface area (Å²) in [5.41, 5.74) is 2.57. The van der Waals surface area contributed by atoms with Crippen LogP contribution in [0, 0.1) is 3.57 Å². The van der Waals surface area contributed by atoms with E-state index in [4.69, 9.17) is 4.74 Å². The van der Waals surface area contributed by atoms with E-state index in [1.54, 1.807) is 7.11 Å². The zero-order valence-electron chi connectivity index (χ0n) is 11.9. The molecule has 1 N–H and O–H groups in total. The zero-order chi connectivity index (χ0) is 14.4. The number of rotatable bonds is 6. The Kier molecular flexibility index (Phi) is 5.86. The molecular weight excluding hydrogens is 361 g/mol. The van der Waals surface area contributed by atoms with Crippen molar-refractivity contribution in [2.45, 2.75) is 19.4 Å². The fourth-order valence-corrected chi connectivity index (χ4v) is 2.56. The van der Waals surface area contributed by atoms with Gasteiger partial charge < -0.3 is 10.1 Å². The lowest BCUT2D eigenvalue weighted by atomic mass is 10.1. The minimum Gasteiger partial charge on any atom is -0.496 e. The number of nitrogens with one attached hydrogen (secondary N) is 1. The largest absolute Gasteiger partial charge is 0.496 e. The first-order valence-corrected chi connectivity index (χ1v) is 7.89. The molecule has 0 fully saturated rings. The smallest absolute Gasteiger partial charge is 0.122 e. The lowest BCUT2D eigenvalue weighted by Crippen LogP contribution is -2.21. The summed E-state index contributed by atoms with van der Waals surface area (Å²) in [6, 6.07) is 17.2. The van der Waals surface area contributed by atoms with Crippen molar-refractivity contribution in [2.75, 3.05) is 13.7 Å². The Hall–Kier alpha value is -1.07. The van der Waals surface area contributed by atoms with Crippen molar-refractivity contribution < 1.29 is 4.74 Å². The molecule has 0 aliphatic carbocycles. The number of ether oxygens (including phenoxy) is 1. The van der Waals surface area contributed by atoms with E-state index in [9.17, 15) is 0 Å². The van der Waals surface area contributed by atoms with Gasteiger partial charge in [0.1, 0.15) is 5.75 Å². The van der Waals surface area contributed by atoms with Crippen LogP contribution >= 0.6 is 22.6 Å². The van der Waals surface area contributed by atoms with E-state index >= 15 is 0 Å². The van der Waals surface area contributed by atoms with Crippen LogP contribution in [0.4, 0.5) is 0 Å². The summed E-state index contributed by atoms with van der Waals surface area (Å²) in [6.07, 6.45) is 0.971. The standard InChI is InChI=1S/C17H20INO/c1-13(14-7-9-16(18)10-8-14)19-12-11-15-5-3-4-6-17(15)20-2/h3-10,13,19H,11-12H2,1-2H3. The van der Waals surface area contributed by atoms with Gasteiger partial charge in [0.2, 0.25) is 0 Å². The Bertz CT molecular complexity index is 539. The van der Waals surface area contributed by atoms with E-state index < -0.39 is 0 Å². The molecule has 2 rings (SSSR count). The summed E-state index contributed by atoms with van der Waals surface area (Å²) < 4.78 is 6.64. The highest BCUT2D eigenvalue weighted by Gasteiger charge is 2.06. The van der Waals surface area contributed by atoms with Crippen LogP contribution < -0.4 is 10.1 Å². The molecule has 0 aliphatic rings. The van der Waals surface area contributed by atoms with Crippen LogP contribution in [0.15, 0.2) is 48.5 Å². The van der Waals surface area contributed by atoms with Crippen LogP contribution in [0.5, 0.6) is 5.75 Å². The van der Waals surface area contributed by atoms with Crippen molar-refractivity contribution >= 4 is 22.6 Å². The quantitative estimate of drug-likeness (QED) is 0.758. The fourth-order valence-electron chi connectivity index (χ4n) is 2.20. The fraction of sp³-hybridized carbons (Fsp3) is 0.294. The van der Waals surface area contributed by atoms with Gasteiger partial charge in [-0.2, -0.15) is 0 Å². The van der Waals surface area contributed by atoms with Gasteiger partial charge in [-0.15, -0.1) is 0 Å². The highest BCUT2D eigenvalue weighted by molar-refractivity contribution is 14.1. The van der Waals surface area contributed by atoms with E-state index in [-0.39, 0.29) is 0 Å². The summed E-state index contributed by atoms with van der Waals surface area (Å²) in [6.45, 7) is 3.14. The topological polar surface area (TPSA) is 21.3 Å². The van der Waals surface area contributed by atoms with E-state index in [1.807, 2.05) is 12.1 Å². The van der Waals surface area contributed by atoms with Crippen LogP contribution in [-0.4, -0.2) is 13.7 Å². The molecule has 0 spiro atoms. The molecule has 106 valence electrons. The highest BCUT2D eigenvalue weighted by atomic mass is 127. The van der Waals surface area contributed by atoms with E-state index in [1.165, 1.54) is 14.7 Å². The van der Waals surface area contributed by atoms with Gasteiger partial charge in [-0.1, -0.05) is 30.3 Å². The molecule has 2 aromatic rings. The second kappa shape index (κ2) is 7.64. The molecule has 0 amide bonds. The summed E-state index contributed by atoms with van der Waals surface area (Å²) >= 11 is 2.33. The van der Waals surface area contributed by atoms with Gasteiger partial charge in [0, 0.05) is 9.61 Å². The maximum atomic E-state index is 5.37. The van der Waals surface area contributed by atoms with Crippen LogP contribution in [-0.2, 0) is 6.42 Å². The van der Waals surface area contributed by atoms with Crippen molar-refractivity contribution in [3.8, 4) is 5.75 Å². The maximum absolute atomic E-state index is 5.37. The molecule has 0 radical (unpaired) electrons. The second-order valence-corrected chi connectivity index (χ2v) is 6.03. The molecule has 20 heavy (non-hydrogen) atoms. The average Bonchev–Trinajstić information content (AvgIpc) is 2.48. The summed E-state index contributed by atoms with van der Waals surface area (Å²) in [5, 5.41) is 3.56. The molecular formula is C17H20INO. The normalized spacial score (nSPS) is 12.2. The Morgan fingerprint density at radius 3 is 2.50 bits per heavy atom. The minimum atomic E-state index is 0.363. The Labute approximate surface area is 134 Å². The van der Waals surface area contributed by atoms with Crippen molar-refractivity contribution in [1.29, 1.82) is 0 Å². The maximum Gasteiger partial charge on any atom is 0.122 e.